The quantitative estimate of drug-likeness (QED) is 0.274. The molecule has 4 aromatic rings. The Balaban J connectivity index is 1.45. The molecule has 2 aromatic carbocycles. The second-order valence-electron chi connectivity index (χ2n) is 9.93. The second kappa shape index (κ2) is 11.6. The van der Waals surface area contributed by atoms with Crippen LogP contribution in [0.25, 0.3) is 22.0 Å². The fourth-order valence-electron chi connectivity index (χ4n) is 4.84. The molecule has 1 unspecified atom stereocenters. The molecule has 1 aliphatic rings. The van der Waals surface area contributed by atoms with E-state index in [0.29, 0.717) is 17.9 Å². The number of nitrogens with zero attached hydrogens (tertiary/aromatic N) is 3. The summed E-state index contributed by atoms with van der Waals surface area (Å²) in [6.45, 7) is 5.66. The van der Waals surface area contributed by atoms with Gasteiger partial charge < -0.3 is 15.4 Å². The molecule has 0 spiro atoms. The van der Waals surface area contributed by atoms with E-state index in [1.807, 2.05) is 38.1 Å². The number of rotatable bonds is 9. The fraction of sp³-hybridized carbons (Fsp3) is 0.367. The molecule has 7 heteroatoms. The molecule has 3 heterocycles. The van der Waals surface area contributed by atoms with Crippen molar-refractivity contribution < 1.29 is 9.13 Å². The Labute approximate surface area is 217 Å². The second-order valence-corrected chi connectivity index (χ2v) is 9.93. The number of aromatic nitrogens is 3. The standard InChI is InChI=1S/C30H34FN5O/c1-20(18-31)10-12-22-6-3-8-25-24(22)13-11-21(2)28(25)37-29-26(9-5-16-33-29)27-14-17-34-30(36-27)35-23-7-4-15-32-19-23/h3,5-6,8-9,11,13-14,16-17,20,23,32H,4,7,10,12,15,18-19H2,1-2H3,(H,34,35,36)/t20?,23-/m0/s1. The van der Waals surface area contributed by atoms with Crippen molar-refractivity contribution in [1.82, 2.24) is 20.3 Å². The zero-order valence-corrected chi connectivity index (χ0v) is 21.5. The van der Waals surface area contributed by atoms with Gasteiger partial charge in [0, 0.05) is 30.4 Å². The summed E-state index contributed by atoms with van der Waals surface area (Å²) in [7, 11) is 0. The van der Waals surface area contributed by atoms with Crippen LogP contribution in [-0.4, -0.2) is 40.8 Å². The first-order valence-electron chi connectivity index (χ1n) is 13.1. The predicted octanol–water partition coefficient (Wildman–Crippen LogP) is 6.49. The molecule has 0 radical (unpaired) electrons. The molecule has 0 saturated carbocycles. The van der Waals surface area contributed by atoms with Crippen molar-refractivity contribution in [3.8, 4) is 22.9 Å². The van der Waals surface area contributed by atoms with E-state index in [0.717, 1.165) is 72.1 Å². The van der Waals surface area contributed by atoms with Crippen molar-refractivity contribution in [2.24, 2.45) is 5.92 Å². The Kier molecular flexibility index (Phi) is 7.90. The highest BCUT2D eigenvalue weighted by Gasteiger charge is 2.17. The van der Waals surface area contributed by atoms with E-state index in [1.165, 1.54) is 5.56 Å². The van der Waals surface area contributed by atoms with Gasteiger partial charge >= 0.3 is 0 Å². The van der Waals surface area contributed by atoms with Crippen LogP contribution in [-0.2, 0) is 6.42 Å². The van der Waals surface area contributed by atoms with Gasteiger partial charge in [-0.3, -0.25) is 4.39 Å². The van der Waals surface area contributed by atoms with Crippen LogP contribution in [0.15, 0.2) is 60.9 Å². The highest BCUT2D eigenvalue weighted by atomic mass is 19.1. The summed E-state index contributed by atoms with van der Waals surface area (Å²) in [5, 5.41) is 9.02. The van der Waals surface area contributed by atoms with Crippen LogP contribution in [0.5, 0.6) is 11.6 Å². The first-order valence-corrected chi connectivity index (χ1v) is 13.1. The van der Waals surface area contributed by atoms with Crippen molar-refractivity contribution >= 4 is 16.7 Å². The van der Waals surface area contributed by atoms with E-state index in [9.17, 15) is 4.39 Å². The molecule has 1 saturated heterocycles. The number of fused-ring (bicyclic) bond motifs is 1. The zero-order chi connectivity index (χ0) is 25.6. The number of pyridine rings is 1. The minimum absolute atomic E-state index is 0.0501. The molecule has 192 valence electrons. The maximum absolute atomic E-state index is 13.0. The SMILES string of the molecule is Cc1ccc2c(CCC(C)CF)cccc2c1Oc1ncccc1-c1ccnc(N[C@H]2CCCNC2)n1. The Morgan fingerprint density at radius 1 is 1.08 bits per heavy atom. The van der Waals surface area contributed by atoms with E-state index in [1.54, 1.807) is 12.4 Å². The molecule has 2 atom stereocenters. The summed E-state index contributed by atoms with van der Waals surface area (Å²) in [6.07, 6.45) is 7.37. The van der Waals surface area contributed by atoms with Gasteiger partial charge in [0.05, 0.1) is 17.9 Å². The summed E-state index contributed by atoms with van der Waals surface area (Å²) < 4.78 is 19.6. The minimum atomic E-state index is -0.293. The molecule has 1 fully saturated rings. The number of benzene rings is 2. The molecule has 1 aliphatic heterocycles. The summed E-state index contributed by atoms with van der Waals surface area (Å²) in [4.78, 5) is 13.8. The third-order valence-electron chi connectivity index (χ3n) is 7.00. The van der Waals surface area contributed by atoms with Crippen molar-refractivity contribution in [2.75, 3.05) is 25.1 Å². The van der Waals surface area contributed by atoms with Crippen molar-refractivity contribution in [1.29, 1.82) is 0 Å². The van der Waals surface area contributed by atoms with Crippen LogP contribution in [0.1, 0.15) is 37.3 Å². The van der Waals surface area contributed by atoms with E-state index >= 15 is 0 Å². The third-order valence-corrected chi connectivity index (χ3v) is 7.00. The average molecular weight is 500 g/mol. The van der Waals surface area contributed by atoms with Gasteiger partial charge in [0.15, 0.2) is 0 Å². The summed E-state index contributed by atoms with van der Waals surface area (Å²) in [5.41, 5.74) is 3.78. The van der Waals surface area contributed by atoms with Crippen LogP contribution in [0.3, 0.4) is 0 Å². The highest BCUT2D eigenvalue weighted by molar-refractivity contribution is 5.92. The van der Waals surface area contributed by atoms with Gasteiger partial charge in [-0.2, -0.15) is 0 Å². The predicted molar refractivity (Wildman–Crippen MR) is 147 cm³/mol. The zero-order valence-electron chi connectivity index (χ0n) is 21.5. The molecular weight excluding hydrogens is 465 g/mol. The maximum atomic E-state index is 13.0. The number of nitrogens with one attached hydrogen (secondary N) is 2. The maximum Gasteiger partial charge on any atom is 0.228 e. The largest absolute Gasteiger partial charge is 0.437 e. The number of ether oxygens (including phenoxy) is 1. The normalized spacial score (nSPS) is 16.5. The summed E-state index contributed by atoms with van der Waals surface area (Å²) in [6, 6.07) is 16.5. The number of hydrogen-bond donors (Lipinski definition) is 2. The van der Waals surface area contributed by atoms with E-state index in [4.69, 9.17) is 9.72 Å². The van der Waals surface area contributed by atoms with Crippen LogP contribution in [0.4, 0.5) is 10.3 Å². The lowest BCUT2D eigenvalue weighted by atomic mass is 9.95. The smallest absolute Gasteiger partial charge is 0.228 e. The molecular formula is C30H34FN5O. The van der Waals surface area contributed by atoms with Gasteiger partial charge in [0.1, 0.15) is 5.75 Å². The van der Waals surface area contributed by atoms with Crippen molar-refractivity contribution in [3.05, 3.63) is 72.1 Å². The Bertz CT molecular complexity index is 1360. The molecule has 37 heavy (non-hydrogen) atoms. The van der Waals surface area contributed by atoms with E-state index in [-0.39, 0.29) is 12.6 Å². The van der Waals surface area contributed by atoms with Gasteiger partial charge in [-0.05, 0) is 79.8 Å². The molecule has 0 amide bonds. The number of piperidine rings is 1. The third kappa shape index (κ3) is 5.88. The number of aryl methyl sites for hydroxylation is 2. The number of anilines is 1. The van der Waals surface area contributed by atoms with E-state index < -0.39 is 0 Å². The summed E-state index contributed by atoms with van der Waals surface area (Å²) >= 11 is 0. The number of hydrogen-bond acceptors (Lipinski definition) is 6. The molecule has 2 N–H and O–H groups in total. The van der Waals surface area contributed by atoms with Crippen LogP contribution < -0.4 is 15.4 Å². The van der Waals surface area contributed by atoms with Crippen molar-refractivity contribution in [3.63, 3.8) is 0 Å². The molecule has 6 nitrogen and oxygen atoms in total. The first-order chi connectivity index (χ1) is 18.1. The van der Waals surface area contributed by atoms with Crippen LogP contribution >= 0.6 is 0 Å². The Morgan fingerprint density at radius 3 is 2.84 bits per heavy atom. The van der Waals surface area contributed by atoms with Gasteiger partial charge in [-0.25, -0.2) is 15.0 Å². The fourth-order valence-corrected chi connectivity index (χ4v) is 4.84. The highest BCUT2D eigenvalue weighted by Crippen LogP contribution is 2.37. The average Bonchev–Trinajstić information content (AvgIpc) is 2.94. The lowest BCUT2D eigenvalue weighted by molar-refractivity contribution is 0.366. The Morgan fingerprint density at radius 2 is 2.00 bits per heavy atom. The van der Waals surface area contributed by atoms with Gasteiger partial charge in [0.25, 0.3) is 0 Å². The molecule has 0 bridgehead atoms. The van der Waals surface area contributed by atoms with E-state index in [2.05, 4.69) is 44.9 Å². The number of halogens is 1. The first kappa shape index (κ1) is 25.1. The Hall–Kier alpha value is -3.58. The van der Waals surface area contributed by atoms with Crippen LogP contribution in [0, 0.1) is 12.8 Å². The molecule has 2 aromatic heterocycles. The molecule has 0 aliphatic carbocycles. The minimum Gasteiger partial charge on any atom is -0.437 e. The van der Waals surface area contributed by atoms with Crippen molar-refractivity contribution in [2.45, 2.75) is 45.6 Å². The lowest BCUT2D eigenvalue weighted by Crippen LogP contribution is -2.38. The monoisotopic (exact) mass is 499 g/mol. The van der Waals surface area contributed by atoms with Gasteiger partial charge in [-0.15, -0.1) is 0 Å². The van der Waals surface area contributed by atoms with Gasteiger partial charge in [-0.1, -0.05) is 37.3 Å². The lowest BCUT2D eigenvalue weighted by Gasteiger charge is -2.23. The van der Waals surface area contributed by atoms with Crippen LogP contribution in [0.2, 0.25) is 0 Å². The molecule has 5 rings (SSSR count). The summed E-state index contributed by atoms with van der Waals surface area (Å²) in [5.74, 6) is 1.93. The topological polar surface area (TPSA) is 72.0 Å². The number of alkyl halides is 1. The van der Waals surface area contributed by atoms with Gasteiger partial charge in [0.2, 0.25) is 11.8 Å².